The van der Waals surface area contributed by atoms with Crippen molar-refractivity contribution in [2.24, 2.45) is 0 Å². The van der Waals surface area contributed by atoms with Gasteiger partial charge in [0.2, 0.25) is 0 Å². The molecule has 3 aromatic rings. The summed E-state index contributed by atoms with van der Waals surface area (Å²) in [6.07, 6.45) is 1.50. The molecule has 0 bridgehead atoms. The molecule has 0 aliphatic rings. The van der Waals surface area contributed by atoms with Gasteiger partial charge in [0, 0.05) is 5.69 Å². The summed E-state index contributed by atoms with van der Waals surface area (Å²) in [7, 11) is 1.38. The van der Waals surface area contributed by atoms with Crippen LogP contribution in [0.5, 0.6) is 0 Å². The summed E-state index contributed by atoms with van der Waals surface area (Å²) >= 11 is 1.32. The maximum absolute atomic E-state index is 11.8. The lowest BCUT2D eigenvalue weighted by molar-refractivity contribution is 0.0605. The minimum atomic E-state index is -0.345. The number of nitrogens with zero attached hydrogens (tertiary/aromatic N) is 2. The van der Waals surface area contributed by atoms with Gasteiger partial charge in [0.05, 0.1) is 12.5 Å². The number of carbonyl (C=O) groups excluding carboxylic acids is 1. The standard InChI is InChI=1S/C16H15N3O2S.ClH/c1-9-5-4-6-11(7-9)19-14-12-10(2)13(16(20)21-3)22-15(12)18-8-17-14;/h4-8H,1-3H3,(H,17,18,19);1H. The zero-order chi connectivity index (χ0) is 15.7. The monoisotopic (exact) mass is 349 g/mol. The second-order valence-corrected chi connectivity index (χ2v) is 5.94. The van der Waals surface area contributed by atoms with Crippen molar-refractivity contribution in [3.8, 4) is 0 Å². The predicted octanol–water partition coefficient (Wildman–Crippen LogP) is 4.26. The number of halogens is 1. The van der Waals surface area contributed by atoms with Crippen LogP contribution in [0.1, 0.15) is 20.8 Å². The Morgan fingerprint density at radius 2 is 2.04 bits per heavy atom. The van der Waals surface area contributed by atoms with Crippen molar-refractivity contribution in [2.45, 2.75) is 13.8 Å². The number of hydrogen-bond donors (Lipinski definition) is 1. The van der Waals surface area contributed by atoms with Crippen LogP contribution in [-0.2, 0) is 4.74 Å². The number of thiophene rings is 1. The molecule has 5 nitrogen and oxygen atoms in total. The summed E-state index contributed by atoms with van der Waals surface area (Å²) in [4.78, 5) is 21.7. The average molecular weight is 350 g/mol. The van der Waals surface area contributed by atoms with E-state index in [1.807, 2.05) is 38.1 Å². The molecule has 0 amide bonds. The lowest BCUT2D eigenvalue weighted by Crippen LogP contribution is -2.00. The number of aromatic nitrogens is 2. The van der Waals surface area contributed by atoms with Gasteiger partial charge in [-0.2, -0.15) is 0 Å². The molecule has 0 atom stereocenters. The lowest BCUT2D eigenvalue weighted by Gasteiger charge is -2.08. The van der Waals surface area contributed by atoms with Gasteiger partial charge in [0.25, 0.3) is 0 Å². The molecule has 120 valence electrons. The van der Waals surface area contributed by atoms with Crippen LogP contribution in [0.4, 0.5) is 11.5 Å². The van der Waals surface area contributed by atoms with E-state index in [2.05, 4.69) is 15.3 Å². The van der Waals surface area contributed by atoms with Crippen LogP contribution >= 0.6 is 23.7 Å². The Hall–Kier alpha value is -2.18. The largest absolute Gasteiger partial charge is 0.465 e. The first-order valence-corrected chi connectivity index (χ1v) is 7.58. The molecule has 0 spiro atoms. The number of nitrogens with one attached hydrogen (secondary N) is 1. The fourth-order valence-corrected chi connectivity index (χ4v) is 3.38. The van der Waals surface area contributed by atoms with Crippen molar-refractivity contribution in [3.05, 3.63) is 46.6 Å². The molecule has 0 fully saturated rings. The number of esters is 1. The summed E-state index contributed by atoms with van der Waals surface area (Å²) in [5, 5.41) is 4.16. The van der Waals surface area contributed by atoms with E-state index in [9.17, 15) is 4.79 Å². The Bertz CT molecular complexity index is 864. The number of methoxy groups -OCH3 is 1. The highest BCUT2D eigenvalue weighted by Gasteiger charge is 2.19. The van der Waals surface area contributed by atoms with Crippen molar-refractivity contribution in [1.29, 1.82) is 0 Å². The van der Waals surface area contributed by atoms with Crippen molar-refractivity contribution >= 4 is 51.4 Å². The van der Waals surface area contributed by atoms with Crippen LogP contribution in [0.15, 0.2) is 30.6 Å². The fourth-order valence-electron chi connectivity index (χ4n) is 2.31. The molecule has 7 heteroatoms. The van der Waals surface area contributed by atoms with Gasteiger partial charge >= 0.3 is 5.97 Å². The molecule has 0 aliphatic heterocycles. The topological polar surface area (TPSA) is 64.1 Å². The Labute approximate surface area is 144 Å². The van der Waals surface area contributed by atoms with Gasteiger partial charge in [-0.15, -0.1) is 23.7 Å². The normalized spacial score (nSPS) is 10.2. The first-order chi connectivity index (χ1) is 10.6. The number of benzene rings is 1. The zero-order valence-electron chi connectivity index (χ0n) is 12.9. The van der Waals surface area contributed by atoms with Gasteiger partial charge in [0.1, 0.15) is 21.9 Å². The Kier molecular flexibility index (Phi) is 5.18. The second kappa shape index (κ2) is 6.93. The highest BCUT2D eigenvalue weighted by molar-refractivity contribution is 7.20. The van der Waals surface area contributed by atoms with Crippen molar-refractivity contribution in [2.75, 3.05) is 12.4 Å². The van der Waals surface area contributed by atoms with Crippen LogP contribution < -0.4 is 5.32 Å². The van der Waals surface area contributed by atoms with E-state index in [1.165, 1.54) is 24.8 Å². The second-order valence-electron chi connectivity index (χ2n) is 4.94. The number of rotatable bonds is 3. The molecular weight excluding hydrogens is 334 g/mol. The molecule has 0 unspecified atom stereocenters. The Balaban J connectivity index is 0.00000192. The molecule has 1 N–H and O–H groups in total. The average Bonchev–Trinajstić information content (AvgIpc) is 2.85. The van der Waals surface area contributed by atoms with Gasteiger partial charge in [-0.25, -0.2) is 14.8 Å². The number of aryl methyl sites for hydroxylation is 2. The predicted molar refractivity (Wildman–Crippen MR) is 95.2 cm³/mol. The molecule has 0 saturated carbocycles. The van der Waals surface area contributed by atoms with E-state index in [0.717, 1.165) is 27.0 Å². The van der Waals surface area contributed by atoms with E-state index in [4.69, 9.17) is 4.74 Å². The smallest absolute Gasteiger partial charge is 0.348 e. The summed E-state index contributed by atoms with van der Waals surface area (Å²) in [6.45, 7) is 3.92. The molecule has 0 saturated heterocycles. The highest BCUT2D eigenvalue weighted by Crippen LogP contribution is 2.34. The molecule has 2 heterocycles. The summed E-state index contributed by atoms with van der Waals surface area (Å²) in [5.74, 6) is 0.349. The zero-order valence-corrected chi connectivity index (χ0v) is 14.5. The fraction of sp³-hybridized carbons (Fsp3) is 0.188. The van der Waals surface area contributed by atoms with Crippen molar-refractivity contribution in [1.82, 2.24) is 9.97 Å². The van der Waals surface area contributed by atoms with E-state index in [1.54, 1.807) is 0 Å². The molecule has 0 aliphatic carbocycles. The van der Waals surface area contributed by atoms with Crippen LogP contribution in [0, 0.1) is 13.8 Å². The molecule has 2 aromatic heterocycles. The minimum Gasteiger partial charge on any atom is -0.465 e. The van der Waals surface area contributed by atoms with Gasteiger partial charge in [0.15, 0.2) is 0 Å². The molecule has 0 radical (unpaired) electrons. The number of fused-ring (bicyclic) bond motifs is 1. The lowest BCUT2D eigenvalue weighted by atomic mass is 10.2. The van der Waals surface area contributed by atoms with Gasteiger partial charge in [-0.1, -0.05) is 12.1 Å². The number of anilines is 2. The van der Waals surface area contributed by atoms with Crippen molar-refractivity contribution < 1.29 is 9.53 Å². The summed E-state index contributed by atoms with van der Waals surface area (Å²) in [5.41, 5.74) is 2.94. The molecule has 23 heavy (non-hydrogen) atoms. The molecule has 1 aromatic carbocycles. The van der Waals surface area contributed by atoms with Gasteiger partial charge in [-0.05, 0) is 37.1 Å². The minimum absolute atomic E-state index is 0. The number of hydrogen-bond acceptors (Lipinski definition) is 6. The third-order valence-electron chi connectivity index (χ3n) is 3.38. The van der Waals surface area contributed by atoms with Gasteiger partial charge in [-0.3, -0.25) is 0 Å². The maximum Gasteiger partial charge on any atom is 0.348 e. The first kappa shape index (κ1) is 17.2. The molecular formula is C16H16ClN3O2S. The van der Waals surface area contributed by atoms with E-state index in [0.29, 0.717) is 10.7 Å². The van der Waals surface area contributed by atoms with Crippen LogP contribution in [0.2, 0.25) is 0 Å². The SMILES string of the molecule is COC(=O)c1sc2ncnc(Nc3cccc(C)c3)c2c1C.Cl. The molecule has 3 rings (SSSR count). The number of ether oxygens (including phenoxy) is 1. The third kappa shape index (κ3) is 3.28. The van der Waals surface area contributed by atoms with Crippen LogP contribution in [-0.4, -0.2) is 23.0 Å². The van der Waals surface area contributed by atoms with E-state index in [-0.39, 0.29) is 18.4 Å². The first-order valence-electron chi connectivity index (χ1n) is 6.76. The summed E-state index contributed by atoms with van der Waals surface area (Å²) in [6, 6.07) is 8.03. The van der Waals surface area contributed by atoms with Gasteiger partial charge < -0.3 is 10.1 Å². The van der Waals surface area contributed by atoms with Crippen molar-refractivity contribution in [3.63, 3.8) is 0 Å². The number of carbonyl (C=O) groups is 1. The highest BCUT2D eigenvalue weighted by atomic mass is 35.5. The van der Waals surface area contributed by atoms with E-state index >= 15 is 0 Å². The summed E-state index contributed by atoms with van der Waals surface area (Å²) < 4.78 is 4.82. The third-order valence-corrected chi connectivity index (χ3v) is 4.56. The quantitative estimate of drug-likeness (QED) is 0.716. The van der Waals surface area contributed by atoms with E-state index < -0.39 is 0 Å². The Morgan fingerprint density at radius 1 is 1.26 bits per heavy atom. The Morgan fingerprint density at radius 3 is 2.74 bits per heavy atom. The maximum atomic E-state index is 11.8. The van der Waals surface area contributed by atoms with Crippen LogP contribution in [0.3, 0.4) is 0 Å². The van der Waals surface area contributed by atoms with Crippen LogP contribution in [0.25, 0.3) is 10.2 Å².